The van der Waals surface area contributed by atoms with Gasteiger partial charge in [-0.2, -0.15) is 10.2 Å². The molecule has 2 N–H and O–H groups in total. The minimum atomic E-state index is -0.240. The molecule has 4 rings (SSSR count). The summed E-state index contributed by atoms with van der Waals surface area (Å²) in [6.45, 7) is 1.84. The largest absolute Gasteiger partial charge is 0.333 e. The normalized spacial score (nSPS) is 11.4. The van der Waals surface area contributed by atoms with Crippen molar-refractivity contribution in [3.63, 3.8) is 0 Å². The summed E-state index contributed by atoms with van der Waals surface area (Å²) in [7, 11) is 0. The topological polar surface area (TPSA) is 88.0 Å². The van der Waals surface area contributed by atoms with E-state index in [1.54, 1.807) is 4.68 Å². The van der Waals surface area contributed by atoms with E-state index in [2.05, 4.69) is 25.6 Å². The Bertz CT molecular complexity index is 1150. The van der Waals surface area contributed by atoms with Crippen LogP contribution in [0.4, 0.5) is 0 Å². The molecule has 146 valence electrons. The summed E-state index contributed by atoms with van der Waals surface area (Å²) in [5, 5.41) is 9.58. The summed E-state index contributed by atoms with van der Waals surface area (Å²) in [4.78, 5) is 19.7. The van der Waals surface area contributed by atoms with Crippen molar-refractivity contribution in [2.45, 2.75) is 12.1 Å². The van der Waals surface area contributed by atoms with Gasteiger partial charge < -0.3 is 4.98 Å². The van der Waals surface area contributed by atoms with E-state index in [0.717, 1.165) is 16.7 Å². The number of carbonyl (C=O) groups excluding carboxylic acids is 1. The lowest BCUT2D eigenvalue weighted by Gasteiger charge is -2.02. The molecule has 0 aliphatic carbocycles. The molecule has 29 heavy (non-hydrogen) atoms. The molecule has 1 amide bonds. The third-order valence-corrected chi connectivity index (χ3v) is 5.38. The summed E-state index contributed by atoms with van der Waals surface area (Å²) in [5.74, 6) is -0.0522. The van der Waals surface area contributed by atoms with Crippen molar-refractivity contribution in [1.82, 2.24) is 25.2 Å². The average Bonchev–Trinajstić information content (AvgIpc) is 3.28. The summed E-state index contributed by atoms with van der Waals surface area (Å²) >= 11 is 7.75. The number of thioether (sulfide) groups is 1. The molecule has 2 aromatic heterocycles. The minimum Gasteiger partial charge on any atom is -0.333 e. The molecule has 4 aromatic rings. The van der Waals surface area contributed by atoms with Gasteiger partial charge in [0.25, 0.3) is 5.91 Å². The number of benzene rings is 2. The summed E-state index contributed by atoms with van der Waals surface area (Å²) < 4.78 is 1.64. The molecule has 0 radical (unpaired) electrons. The van der Waals surface area contributed by atoms with Gasteiger partial charge in [-0.25, -0.2) is 15.1 Å². The number of nitrogens with zero attached hydrogens (tertiary/aromatic N) is 4. The van der Waals surface area contributed by atoms with Gasteiger partial charge in [-0.15, -0.1) is 0 Å². The quantitative estimate of drug-likeness (QED) is 0.278. The zero-order chi connectivity index (χ0) is 20.2. The number of hydrogen-bond donors (Lipinski definition) is 2. The number of amides is 1. The van der Waals surface area contributed by atoms with Crippen molar-refractivity contribution in [3.8, 4) is 5.69 Å². The number of imidazole rings is 1. The maximum Gasteiger partial charge on any atom is 0.250 e. The fraction of sp³-hybridized carbons (Fsp3) is 0.100. The number of aryl methyl sites for hydroxylation is 1. The second-order valence-corrected chi connectivity index (χ2v) is 7.50. The lowest BCUT2D eigenvalue weighted by atomic mass is 10.3. The number of aromatic amines is 1. The molecule has 0 bridgehead atoms. The molecule has 0 saturated carbocycles. The van der Waals surface area contributed by atoms with Crippen LogP contribution in [0.1, 0.15) is 11.3 Å². The first-order valence-electron chi connectivity index (χ1n) is 8.82. The predicted octanol–water partition coefficient (Wildman–Crippen LogP) is 3.95. The minimum absolute atomic E-state index is 0.188. The van der Waals surface area contributed by atoms with Gasteiger partial charge in [-0.3, -0.25) is 4.79 Å². The van der Waals surface area contributed by atoms with E-state index >= 15 is 0 Å². The molecule has 0 aliphatic rings. The molecule has 0 saturated heterocycles. The van der Waals surface area contributed by atoms with Crippen LogP contribution >= 0.6 is 23.4 Å². The molecular weight excluding hydrogens is 408 g/mol. The number of hydrogen-bond acceptors (Lipinski definition) is 5. The summed E-state index contributed by atoms with van der Waals surface area (Å²) in [5.41, 5.74) is 6.54. The van der Waals surface area contributed by atoms with Crippen molar-refractivity contribution in [3.05, 3.63) is 71.0 Å². The molecule has 0 fully saturated rings. The molecule has 0 aliphatic heterocycles. The monoisotopic (exact) mass is 424 g/mol. The van der Waals surface area contributed by atoms with Gasteiger partial charge in [-0.1, -0.05) is 53.7 Å². The highest BCUT2D eigenvalue weighted by Crippen LogP contribution is 2.22. The fourth-order valence-electron chi connectivity index (χ4n) is 2.73. The van der Waals surface area contributed by atoms with E-state index in [1.165, 1.54) is 18.0 Å². The zero-order valence-corrected chi connectivity index (χ0v) is 17.0. The Kier molecular flexibility index (Phi) is 5.64. The summed E-state index contributed by atoms with van der Waals surface area (Å²) in [6, 6.07) is 17.3. The maximum atomic E-state index is 12.1. The Morgan fingerprint density at radius 2 is 2.00 bits per heavy atom. The Balaban J connectivity index is 1.37. The number of hydrazone groups is 1. The first-order valence-corrected chi connectivity index (χ1v) is 10.2. The molecule has 7 nitrogen and oxygen atoms in total. The molecule has 2 aromatic carbocycles. The highest BCUT2D eigenvalue weighted by molar-refractivity contribution is 7.99. The molecule has 2 heterocycles. The van der Waals surface area contributed by atoms with Crippen LogP contribution in [-0.2, 0) is 4.79 Å². The fourth-order valence-corrected chi connectivity index (χ4v) is 3.73. The number of halogens is 1. The molecule has 0 atom stereocenters. The maximum absolute atomic E-state index is 12.1. The number of fused-ring (bicyclic) bond motifs is 1. The van der Waals surface area contributed by atoms with Gasteiger partial charge in [0.2, 0.25) is 0 Å². The molecule has 0 unspecified atom stereocenters. The second kappa shape index (κ2) is 8.50. The van der Waals surface area contributed by atoms with Crippen molar-refractivity contribution in [2.24, 2.45) is 5.10 Å². The van der Waals surface area contributed by atoms with Crippen molar-refractivity contribution in [1.29, 1.82) is 0 Å². The van der Waals surface area contributed by atoms with Crippen molar-refractivity contribution < 1.29 is 4.79 Å². The van der Waals surface area contributed by atoms with Crippen LogP contribution in [0, 0.1) is 6.92 Å². The smallest absolute Gasteiger partial charge is 0.250 e. The van der Waals surface area contributed by atoms with E-state index in [4.69, 9.17) is 11.6 Å². The van der Waals surface area contributed by atoms with Gasteiger partial charge in [0.05, 0.1) is 39.9 Å². The third-order valence-electron chi connectivity index (χ3n) is 4.14. The van der Waals surface area contributed by atoms with Crippen LogP contribution in [-0.4, -0.2) is 37.6 Å². The first-order chi connectivity index (χ1) is 14.1. The average molecular weight is 425 g/mol. The molecular formula is C20H17ClN6OS. The molecule has 9 heteroatoms. The lowest BCUT2D eigenvalue weighted by Crippen LogP contribution is -2.19. The van der Waals surface area contributed by atoms with Gasteiger partial charge in [0.15, 0.2) is 5.16 Å². The second-order valence-electron chi connectivity index (χ2n) is 6.18. The van der Waals surface area contributed by atoms with E-state index < -0.39 is 0 Å². The van der Waals surface area contributed by atoms with Crippen LogP contribution in [0.5, 0.6) is 0 Å². The van der Waals surface area contributed by atoms with E-state index in [1.807, 2.05) is 61.5 Å². The van der Waals surface area contributed by atoms with Crippen LogP contribution in [0.25, 0.3) is 16.7 Å². The van der Waals surface area contributed by atoms with Crippen molar-refractivity contribution >= 4 is 46.5 Å². The first kappa shape index (κ1) is 19.2. The highest BCUT2D eigenvalue weighted by Gasteiger charge is 2.13. The number of para-hydroxylation sites is 3. The van der Waals surface area contributed by atoms with Gasteiger partial charge >= 0.3 is 0 Å². The number of carbonyl (C=O) groups is 1. The van der Waals surface area contributed by atoms with Crippen molar-refractivity contribution in [2.75, 3.05) is 5.75 Å². The zero-order valence-electron chi connectivity index (χ0n) is 15.5. The van der Waals surface area contributed by atoms with Crippen LogP contribution in [0.15, 0.2) is 64.9 Å². The summed E-state index contributed by atoms with van der Waals surface area (Å²) in [6.07, 6.45) is 1.51. The molecule has 0 spiro atoms. The SMILES string of the molecule is Cc1nn(-c2ccccc2)c(Cl)c1/C=N\NC(=O)CSc1nc2ccccc2[nH]1. The van der Waals surface area contributed by atoms with Crippen LogP contribution < -0.4 is 5.43 Å². The van der Waals surface area contributed by atoms with Gasteiger partial charge in [-0.05, 0) is 31.2 Å². The Morgan fingerprint density at radius 3 is 2.79 bits per heavy atom. The van der Waals surface area contributed by atoms with Gasteiger partial charge in [0, 0.05) is 0 Å². The Hall–Kier alpha value is -3.10. The van der Waals surface area contributed by atoms with E-state index in [9.17, 15) is 4.79 Å². The van der Waals surface area contributed by atoms with E-state index in [0.29, 0.717) is 21.6 Å². The Labute approximate surface area is 176 Å². The van der Waals surface area contributed by atoms with Crippen LogP contribution in [0.3, 0.4) is 0 Å². The number of aromatic nitrogens is 4. The number of rotatable bonds is 6. The number of nitrogens with one attached hydrogen (secondary N) is 2. The highest BCUT2D eigenvalue weighted by atomic mass is 35.5. The predicted molar refractivity (Wildman–Crippen MR) is 116 cm³/mol. The third kappa shape index (κ3) is 4.33. The van der Waals surface area contributed by atoms with Crippen LogP contribution in [0.2, 0.25) is 5.15 Å². The number of H-pyrrole nitrogens is 1. The lowest BCUT2D eigenvalue weighted by molar-refractivity contribution is -0.118. The van der Waals surface area contributed by atoms with E-state index in [-0.39, 0.29) is 11.7 Å². The van der Waals surface area contributed by atoms with Gasteiger partial charge in [0.1, 0.15) is 5.15 Å². The standard InChI is InChI=1S/C20H17ClN6OS/c1-13-15(19(21)27(26-13)14-7-3-2-4-8-14)11-22-25-18(28)12-29-20-23-16-9-5-6-10-17(16)24-20/h2-11H,12H2,1H3,(H,23,24)(H,25,28)/b22-11-. The Morgan fingerprint density at radius 1 is 1.24 bits per heavy atom.